The molecule has 0 aliphatic rings. The number of anilines is 1. The monoisotopic (exact) mass is 357 g/mol. The molecule has 0 spiro atoms. The van der Waals surface area contributed by atoms with E-state index in [-0.39, 0.29) is 12.5 Å². The van der Waals surface area contributed by atoms with Crippen LogP contribution in [-0.2, 0) is 4.79 Å². The van der Waals surface area contributed by atoms with Gasteiger partial charge in [-0.1, -0.05) is 48.5 Å². The van der Waals surface area contributed by atoms with Gasteiger partial charge in [0.1, 0.15) is 11.3 Å². The number of furan rings is 1. The molecule has 5 heteroatoms. The molecule has 0 aliphatic carbocycles. The zero-order chi connectivity index (χ0) is 18.6. The van der Waals surface area contributed by atoms with Crippen molar-refractivity contribution in [1.82, 2.24) is 5.43 Å². The number of nitrogens with one attached hydrogen (secondary N) is 2. The summed E-state index contributed by atoms with van der Waals surface area (Å²) in [5.74, 6) is 0.414. The molecule has 1 heterocycles. The lowest BCUT2D eigenvalue weighted by molar-refractivity contribution is -0.119. The van der Waals surface area contributed by atoms with Crippen LogP contribution in [0.15, 0.2) is 82.3 Å². The van der Waals surface area contributed by atoms with Gasteiger partial charge in [0.05, 0.1) is 6.54 Å². The molecule has 0 unspecified atom stereocenters. The summed E-state index contributed by atoms with van der Waals surface area (Å²) in [7, 11) is 0. The maximum absolute atomic E-state index is 12.0. The topological polar surface area (TPSA) is 66.6 Å². The lowest BCUT2D eigenvalue weighted by Crippen LogP contribution is -2.26. The average Bonchev–Trinajstić information content (AvgIpc) is 3.16. The second-order valence-electron chi connectivity index (χ2n) is 6.26. The number of amides is 1. The highest BCUT2D eigenvalue weighted by molar-refractivity contribution is 6.09. The number of hydrazone groups is 1. The third-order valence-electron chi connectivity index (χ3n) is 4.36. The van der Waals surface area contributed by atoms with Gasteiger partial charge in [0.15, 0.2) is 5.76 Å². The Bertz CT molecular complexity index is 1130. The average molecular weight is 357 g/mol. The fourth-order valence-electron chi connectivity index (χ4n) is 2.95. The normalized spacial score (nSPS) is 11.7. The van der Waals surface area contributed by atoms with Crippen LogP contribution in [0.2, 0.25) is 0 Å². The van der Waals surface area contributed by atoms with Crippen molar-refractivity contribution >= 4 is 39.0 Å². The van der Waals surface area contributed by atoms with Gasteiger partial charge < -0.3 is 9.73 Å². The van der Waals surface area contributed by atoms with Crippen LogP contribution < -0.4 is 10.7 Å². The Morgan fingerprint density at radius 2 is 1.74 bits per heavy atom. The maximum atomic E-state index is 12.0. The van der Waals surface area contributed by atoms with E-state index in [1.807, 2.05) is 67.6 Å². The summed E-state index contributed by atoms with van der Waals surface area (Å²) in [6, 6.07) is 23.7. The molecule has 27 heavy (non-hydrogen) atoms. The Kier molecular flexibility index (Phi) is 4.58. The zero-order valence-corrected chi connectivity index (χ0v) is 14.9. The molecule has 5 nitrogen and oxygen atoms in total. The molecular weight excluding hydrogens is 338 g/mol. The van der Waals surface area contributed by atoms with Crippen molar-refractivity contribution in [3.63, 3.8) is 0 Å². The lowest BCUT2D eigenvalue weighted by atomic mass is 10.1. The van der Waals surface area contributed by atoms with Crippen molar-refractivity contribution in [2.24, 2.45) is 5.10 Å². The molecule has 0 saturated carbocycles. The molecule has 0 bridgehead atoms. The Morgan fingerprint density at radius 1 is 0.963 bits per heavy atom. The minimum absolute atomic E-state index is 0.144. The smallest absolute Gasteiger partial charge is 0.259 e. The second kappa shape index (κ2) is 7.33. The number of carbonyl (C=O) groups is 1. The van der Waals surface area contributed by atoms with E-state index in [2.05, 4.69) is 28.0 Å². The van der Waals surface area contributed by atoms with Crippen molar-refractivity contribution in [3.8, 4) is 0 Å². The van der Waals surface area contributed by atoms with Crippen molar-refractivity contribution in [2.45, 2.75) is 6.92 Å². The van der Waals surface area contributed by atoms with Gasteiger partial charge in [0.25, 0.3) is 5.91 Å². The first-order valence-corrected chi connectivity index (χ1v) is 8.74. The molecule has 3 aromatic carbocycles. The highest BCUT2D eigenvalue weighted by Crippen LogP contribution is 2.28. The van der Waals surface area contributed by atoms with Gasteiger partial charge in [-0.3, -0.25) is 4.79 Å². The summed E-state index contributed by atoms with van der Waals surface area (Å²) in [4.78, 5) is 12.0. The maximum Gasteiger partial charge on any atom is 0.259 e. The summed E-state index contributed by atoms with van der Waals surface area (Å²) < 4.78 is 5.90. The van der Waals surface area contributed by atoms with Gasteiger partial charge >= 0.3 is 0 Å². The number of hydrogen-bond donors (Lipinski definition) is 2. The van der Waals surface area contributed by atoms with Crippen LogP contribution in [0.25, 0.3) is 21.7 Å². The molecule has 0 saturated heterocycles. The van der Waals surface area contributed by atoms with E-state index in [0.29, 0.717) is 11.5 Å². The van der Waals surface area contributed by atoms with E-state index < -0.39 is 0 Å². The highest BCUT2D eigenvalue weighted by atomic mass is 16.3. The van der Waals surface area contributed by atoms with E-state index in [4.69, 9.17) is 4.42 Å². The van der Waals surface area contributed by atoms with Crippen LogP contribution >= 0.6 is 0 Å². The Balaban J connectivity index is 1.47. The van der Waals surface area contributed by atoms with Gasteiger partial charge in [-0.25, -0.2) is 5.43 Å². The third kappa shape index (κ3) is 3.67. The molecule has 0 aliphatic heterocycles. The summed E-state index contributed by atoms with van der Waals surface area (Å²) in [6.07, 6.45) is 0. The molecule has 1 amide bonds. The Hall–Kier alpha value is -3.60. The number of hydrogen-bond acceptors (Lipinski definition) is 4. The fraction of sp³-hybridized carbons (Fsp3) is 0.0909. The molecule has 2 N–H and O–H groups in total. The standard InChI is InChI=1S/C22H19N3O2/c1-15(24-25-22(26)14-23-17-8-3-2-4-9-17)21-13-19-18-10-6-5-7-16(18)11-12-20(19)27-21/h2-13,23H,14H2,1H3,(H,25,26)/b24-15-. The molecule has 4 aromatic rings. The molecule has 134 valence electrons. The number of rotatable bonds is 5. The van der Waals surface area contributed by atoms with Crippen LogP contribution in [0.1, 0.15) is 12.7 Å². The molecular formula is C22H19N3O2. The first-order chi connectivity index (χ1) is 13.2. The quantitative estimate of drug-likeness (QED) is 0.407. The summed E-state index contributed by atoms with van der Waals surface area (Å²) in [5.41, 5.74) is 4.86. The van der Waals surface area contributed by atoms with Crippen LogP contribution in [0.4, 0.5) is 5.69 Å². The van der Waals surface area contributed by atoms with E-state index in [1.54, 1.807) is 0 Å². The summed E-state index contributed by atoms with van der Waals surface area (Å²) >= 11 is 0. The van der Waals surface area contributed by atoms with Gasteiger partial charge in [-0.2, -0.15) is 5.10 Å². The van der Waals surface area contributed by atoms with Gasteiger partial charge in [-0.15, -0.1) is 0 Å². The van der Waals surface area contributed by atoms with Crippen LogP contribution in [0, 0.1) is 0 Å². The Morgan fingerprint density at radius 3 is 2.59 bits per heavy atom. The number of fused-ring (bicyclic) bond motifs is 3. The minimum atomic E-state index is -0.222. The molecule has 0 atom stereocenters. The van der Waals surface area contributed by atoms with E-state index >= 15 is 0 Å². The minimum Gasteiger partial charge on any atom is -0.455 e. The molecule has 1 aromatic heterocycles. The SMILES string of the molecule is C/C(=N/NC(=O)CNc1ccccc1)c1cc2c(ccc3ccccc32)o1. The second-order valence-corrected chi connectivity index (χ2v) is 6.26. The Labute approximate surface area is 156 Å². The number of nitrogens with zero attached hydrogens (tertiary/aromatic N) is 1. The van der Waals surface area contributed by atoms with Gasteiger partial charge in [0.2, 0.25) is 0 Å². The summed E-state index contributed by atoms with van der Waals surface area (Å²) in [6.45, 7) is 1.95. The first-order valence-electron chi connectivity index (χ1n) is 8.74. The van der Waals surface area contributed by atoms with Gasteiger partial charge in [-0.05, 0) is 42.0 Å². The molecule has 4 rings (SSSR count). The zero-order valence-electron chi connectivity index (χ0n) is 14.9. The first kappa shape index (κ1) is 16.8. The number of para-hydroxylation sites is 1. The molecule has 0 radical (unpaired) electrons. The highest BCUT2D eigenvalue weighted by Gasteiger charge is 2.10. The van der Waals surface area contributed by atoms with E-state index in [1.165, 1.54) is 0 Å². The van der Waals surface area contributed by atoms with Crippen LogP contribution in [0.3, 0.4) is 0 Å². The molecule has 0 fully saturated rings. The van der Waals surface area contributed by atoms with E-state index in [0.717, 1.165) is 27.4 Å². The van der Waals surface area contributed by atoms with Crippen molar-refractivity contribution in [1.29, 1.82) is 0 Å². The number of benzene rings is 3. The largest absolute Gasteiger partial charge is 0.455 e. The predicted octanol–water partition coefficient (Wildman–Crippen LogP) is 4.54. The van der Waals surface area contributed by atoms with Crippen molar-refractivity contribution in [2.75, 3.05) is 11.9 Å². The van der Waals surface area contributed by atoms with Gasteiger partial charge in [0, 0.05) is 11.1 Å². The van der Waals surface area contributed by atoms with Crippen molar-refractivity contribution in [3.05, 3.63) is 78.6 Å². The van der Waals surface area contributed by atoms with E-state index in [9.17, 15) is 4.79 Å². The van der Waals surface area contributed by atoms with Crippen LogP contribution in [-0.4, -0.2) is 18.2 Å². The fourth-order valence-corrected chi connectivity index (χ4v) is 2.95. The number of carbonyl (C=O) groups excluding carboxylic acids is 1. The van der Waals surface area contributed by atoms with Crippen molar-refractivity contribution < 1.29 is 9.21 Å². The van der Waals surface area contributed by atoms with Crippen LogP contribution in [0.5, 0.6) is 0 Å². The predicted molar refractivity (Wildman–Crippen MR) is 109 cm³/mol. The third-order valence-corrected chi connectivity index (χ3v) is 4.36. The summed E-state index contributed by atoms with van der Waals surface area (Å²) in [5, 5.41) is 10.5. The lowest BCUT2D eigenvalue weighted by Gasteiger charge is -2.05.